The summed E-state index contributed by atoms with van der Waals surface area (Å²) in [7, 11) is 0. The van der Waals surface area contributed by atoms with Crippen LogP contribution in [0.15, 0.2) is 72.1 Å². The van der Waals surface area contributed by atoms with E-state index in [0.29, 0.717) is 10.7 Å². The molecule has 4 aromatic rings. The molecule has 0 aliphatic rings. The maximum Gasteiger partial charge on any atom is 0.257 e. The summed E-state index contributed by atoms with van der Waals surface area (Å²) in [6.45, 7) is 2.14. The van der Waals surface area contributed by atoms with E-state index in [1.807, 2.05) is 47.8 Å². The summed E-state index contributed by atoms with van der Waals surface area (Å²) < 4.78 is 0. The molecule has 4 rings (SSSR count). The molecule has 1 N–H and O–H groups in total. The number of anilines is 1. The van der Waals surface area contributed by atoms with E-state index in [2.05, 4.69) is 41.5 Å². The lowest BCUT2D eigenvalue weighted by Crippen LogP contribution is -2.11. The van der Waals surface area contributed by atoms with Crippen LogP contribution >= 0.6 is 11.3 Å². The summed E-state index contributed by atoms with van der Waals surface area (Å²) in [5.74, 6) is -0.141. The average Bonchev–Trinajstić information content (AvgIpc) is 3.16. The number of aromatic nitrogens is 1. The van der Waals surface area contributed by atoms with Gasteiger partial charge in [-0.3, -0.25) is 10.1 Å². The zero-order chi connectivity index (χ0) is 17.9. The van der Waals surface area contributed by atoms with E-state index in [1.54, 1.807) is 0 Å². The first-order valence-corrected chi connectivity index (χ1v) is 9.46. The highest BCUT2D eigenvalue weighted by molar-refractivity contribution is 7.14. The lowest BCUT2D eigenvalue weighted by atomic mass is 10.1. The van der Waals surface area contributed by atoms with Crippen LogP contribution in [0.1, 0.15) is 22.8 Å². The Morgan fingerprint density at radius 3 is 2.54 bits per heavy atom. The predicted octanol–water partition coefficient (Wildman–Crippen LogP) is 5.78. The van der Waals surface area contributed by atoms with E-state index in [0.717, 1.165) is 28.5 Å². The molecule has 0 saturated carbocycles. The molecule has 1 amide bonds. The second kappa shape index (κ2) is 7.10. The fraction of sp³-hybridized carbons (Fsp3) is 0.0909. The molecule has 3 nitrogen and oxygen atoms in total. The van der Waals surface area contributed by atoms with Gasteiger partial charge in [0.2, 0.25) is 0 Å². The van der Waals surface area contributed by atoms with Crippen LogP contribution in [-0.4, -0.2) is 10.9 Å². The lowest BCUT2D eigenvalue weighted by molar-refractivity contribution is 0.102. The second-order valence-electron chi connectivity index (χ2n) is 6.10. The molecule has 1 aromatic heterocycles. The Morgan fingerprint density at radius 2 is 1.77 bits per heavy atom. The smallest absolute Gasteiger partial charge is 0.257 e. The van der Waals surface area contributed by atoms with Gasteiger partial charge < -0.3 is 0 Å². The fourth-order valence-corrected chi connectivity index (χ4v) is 3.59. The predicted molar refractivity (Wildman–Crippen MR) is 109 cm³/mol. The van der Waals surface area contributed by atoms with E-state index >= 15 is 0 Å². The van der Waals surface area contributed by atoms with Gasteiger partial charge in [-0.1, -0.05) is 61.5 Å². The number of hydrogen-bond acceptors (Lipinski definition) is 3. The first-order valence-electron chi connectivity index (χ1n) is 8.58. The third-order valence-corrected chi connectivity index (χ3v) is 5.15. The molecule has 128 valence electrons. The molecule has 0 aliphatic heterocycles. The number of fused-ring (bicyclic) bond motifs is 1. The Balaban J connectivity index is 1.53. The number of nitrogens with one attached hydrogen (secondary N) is 1. The summed E-state index contributed by atoms with van der Waals surface area (Å²) in [4.78, 5) is 17.1. The summed E-state index contributed by atoms with van der Waals surface area (Å²) >= 11 is 1.44. The van der Waals surface area contributed by atoms with Crippen molar-refractivity contribution in [3.05, 3.63) is 83.2 Å². The van der Waals surface area contributed by atoms with Crippen molar-refractivity contribution in [2.45, 2.75) is 13.3 Å². The van der Waals surface area contributed by atoms with E-state index in [4.69, 9.17) is 0 Å². The Hall–Kier alpha value is -2.98. The third kappa shape index (κ3) is 3.37. The van der Waals surface area contributed by atoms with Gasteiger partial charge in [0.1, 0.15) is 0 Å². The third-order valence-electron chi connectivity index (χ3n) is 4.39. The van der Waals surface area contributed by atoms with E-state index < -0.39 is 0 Å². The molecule has 4 heteroatoms. The fourth-order valence-electron chi connectivity index (χ4n) is 2.87. The SMILES string of the molecule is CCc1ccc(-c2csc(NC(=O)c3ccc4ccccc4c3)n2)cc1. The number of hydrogen-bond donors (Lipinski definition) is 1. The zero-order valence-electron chi connectivity index (χ0n) is 14.4. The Labute approximate surface area is 156 Å². The largest absolute Gasteiger partial charge is 0.298 e. The molecule has 26 heavy (non-hydrogen) atoms. The van der Waals surface area contributed by atoms with Gasteiger partial charge in [0.15, 0.2) is 5.13 Å². The highest BCUT2D eigenvalue weighted by Crippen LogP contribution is 2.26. The maximum absolute atomic E-state index is 12.5. The van der Waals surface area contributed by atoms with Crippen molar-refractivity contribution in [3.63, 3.8) is 0 Å². The van der Waals surface area contributed by atoms with E-state index in [-0.39, 0.29) is 5.91 Å². The molecule has 0 saturated heterocycles. The number of benzene rings is 3. The second-order valence-corrected chi connectivity index (χ2v) is 6.96. The van der Waals surface area contributed by atoms with Gasteiger partial charge in [-0.2, -0.15) is 0 Å². The number of carbonyl (C=O) groups is 1. The van der Waals surface area contributed by atoms with Gasteiger partial charge >= 0.3 is 0 Å². The topological polar surface area (TPSA) is 42.0 Å². The van der Waals surface area contributed by atoms with Crippen molar-refractivity contribution in [2.75, 3.05) is 5.32 Å². The van der Waals surface area contributed by atoms with Crippen molar-refractivity contribution in [1.82, 2.24) is 4.98 Å². The van der Waals surface area contributed by atoms with Crippen LogP contribution in [0.4, 0.5) is 5.13 Å². The first-order chi connectivity index (χ1) is 12.7. The summed E-state index contributed by atoms with van der Waals surface area (Å²) in [5.41, 5.74) is 3.87. The summed E-state index contributed by atoms with van der Waals surface area (Å²) in [6.07, 6.45) is 1.02. The molecular formula is C22H18N2OS. The van der Waals surface area contributed by atoms with E-state index in [1.165, 1.54) is 16.9 Å². The van der Waals surface area contributed by atoms with Crippen LogP contribution in [-0.2, 0) is 6.42 Å². The normalized spacial score (nSPS) is 10.8. The van der Waals surface area contributed by atoms with Gasteiger partial charge in [0.25, 0.3) is 5.91 Å². The van der Waals surface area contributed by atoms with Crippen LogP contribution in [0.5, 0.6) is 0 Å². The zero-order valence-corrected chi connectivity index (χ0v) is 15.2. The highest BCUT2D eigenvalue weighted by atomic mass is 32.1. The first kappa shape index (κ1) is 16.5. The summed E-state index contributed by atoms with van der Waals surface area (Å²) in [5, 5.41) is 7.66. The molecular weight excluding hydrogens is 340 g/mol. The summed E-state index contributed by atoms with van der Waals surface area (Å²) in [6, 6.07) is 22.1. The standard InChI is InChI=1S/C22H18N2OS/c1-2-15-7-9-17(10-8-15)20-14-26-22(23-20)24-21(25)19-12-11-16-5-3-4-6-18(16)13-19/h3-14H,2H2,1H3,(H,23,24,25). The number of amides is 1. The molecule has 0 spiro atoms. The van der Waals surface area contributed by atoms with Crippen molar-refractivity contribution in [1.29, 1.82) is 0 Å². The Kier molecular flexibility index (Phi) is 4.50. The van der Waals surface area contributed by atoms with Crippen molar-refractivity contribution >= 4 is 33.1 Å². The molecule has 0 bridgehead atoms. The van der Waals surface area contributed by atoms with Crippen molar-refractivity contribution in [2.24, 2.45) is 0 Å². The number of rotatable bonds is 4. The minimum atomic E-state index is -0.141. The molecule has 0 fully saturated rings. The molecule has 0 unspecified atom stereocenters. The highest BCUT2D eigenvalue weighted by Gasteiger charge is 2.10. The van der Waals surface area contributed by atoms with Crippen LogP contribution in [0.3, 0.4) is 0 Å². The Morgan fingerprint density at radius 1 is 1.00 bits per heavy atom. The minimum absolute atomic E-state index is 0.141. The van der Waals surface area contributed by atoms with Gasteiger partial charge in [-0.15, -0.1) is 11.3 Å². The monoisotopic (exact) mass is 358 g/mol. The molecule has 3 aromatic carbocycles. The number of carbonyl (C=O) groups excluding carboxylic acids is 1. The van der Waals surface area contributed by atoms with Gasteiger partial charge in [0.05, 0.1) is 5.69 Å². The molecule has 0 radical (unpaired) electrons. The molecule has 0 atom stereocenters. The van der Waals surface area contributed by atoms with E-state index in [9.17, 15) is 4.79 Å². The minimum Gasteiger partial charge on any atom is -0.298 e. The number of thiazole rings is 1. The van der Waals surface area contributed by atoms with Crippen molar-refractivity contribution < 1.29 is 4.79 Å². The average molecular weight is 358 g/mol. The van der Waals surface area contributed by atoms with Crippen molar-refractivity contribution in [3.8, 4) is 11.3 Å². The maximum atomic E-state index is 12.5. The quantitative estimate of drug-likeness (QED) is 0.502. The van der Waals surface area contributed by atoms with Crippen LogP contribution in [0.25, 0.3) is 22.0 Å². The Bertz CT molecular complexity index is 1070. The lowest BCUT2D eigenvalue weighted by Gasteiger charge is -2.04. The molecule has 1 heterocycles. The van der Waals surface area contributed by atoms with Crippen LogP contribution in [0, 0.1) is 0 Å². The van der Waals surface area contributed by atoms with Gasteiger partial charge in [-0.05, 0) is 34.9 Å². The van der Waals surface area contributed by atoms with Crippen LogP contribution < -0.4 is 5.32 Å². The van der Waals surface area contributed by atoms with Gasteiger partial charge in [0, 0.05) is 16.5 Å². The molecule has 0 aliphatic carbocycles. The van der Waals surface area contributed by atoms with Crippen LogP contribution in [0.2, 0.25) is 0 Å². The number of aryl methyl sites for hydroxylation is 1. The van der Waals surface area contributed by atoms with Gasteiger partial charge in [-0.25, -0.2) is 4.98 Å². The number of nitrogens with zero attached hydrogens (tertiary/aromatic N) is 1.